The maximum Gasteiger partial charge on any atom is 0.469 e. The number of phosphoric ester groups is 1. The predicted molar refractivity (Wildman–Crippen MR) is 109 cm³/mol. The number of fused-ring (bicyclic) bond motifs is 1. The first-order chi connectivity index (χ1) is 13.3. The molecule has 2 aliphatic carbocycles. The van der Waals surface area contributed by atoms with E-state index in [1.165, 1.54) is 42.4 Å². The van der Waals surface area contributed by atoms with Crippen LogP contribution in [0.2, 0.25) is 0 Å². The normalized spacial score (nSPS) is 27.7. The summed E-state index contributed by atoms with van der Waals surface area (Å²) >= 11 is 0. The maximum absolute atomic E-state index is 11.0. The van der Waals surface area contributed by atoms with Gasteiger partial charge in [-0.15, -0.1) is 0 Å². The van der Waals surface area contributed by atoms with Crippen LogP contribution >= 0.6 is 7.82 Å². The van der Waals surface area contributed by atoms with Gasteiger partial charge in [0.2, 0.25) is 0 Å². The SMILES string of the molecule is COCCCCC1CCc2cc([C@H]3CC[C@](N)(COP(=O)(O)O)C3)ccc2C1. The van der Waals surface area contributed by atoms with Crippen LogP contribution in [0, 0.1) is 5.92 Å². The molecular weight excluding hydrogens is 377 g/mol. The average Bonchev–Trinajstić information content (AvgIpc) is 3.05. The van der Waals surface area contributed by atoms with Gasteiger partial charge in [0.05, 0.1) is 6.61 Å². The molecule has 0 saturated heterocycles. The minimum atomic E-state index is -4.47. The van der Waals surface area contributed by atoms with E-state index in [-0.39, 0.29) is 6.61 Å². The molecule has 0 bridgehead atoms. The van der Waals surface area contributed by atoms with Gasteiger partial charge in [-0.2, -0.15) is 0 Å². The smallest absolute Gasteiger partial charge is 0.385 e. The Kier molecular flexibility index (Phi) is 7.35. The molecule has 1 aromatic rings. The van der Waals surface area contributed by atoms with Crippen molar-refractivity contribution >= 4 is 7.82 Å². The van der Waals surface area contributed by atoms with Crippen LogP contribution in [-0.4, -0.2) is 35.6 Å². The van der Waals surface area contributed by atoms with Crippen molar-refractivity contribution in [3.8, 4) is 0 Å². The van der Waals surface area contributed by atoms with E-state index in [9.17, 15) is 4.57 Å². The first-order valence-electron chi connectivity index (χ1n) is 10.4. The number of aryl methyl sites for hydroxylation is 1. The molecule has 6 nitrogen and oxygen atoms in total. The topological polar surface area (TPSA) is 102 Å². The van der Waals surface area contributed by atoms with Gasteiger partial charge in [0.15, 0.2) is 0 Å². The van der Waals surface area contributed by atoms with Crippen molar-refractivity contribution in [3.05, 3.63) is 34.9 Å². The third-order valence-corrected chi connectivity index (χ3v) is 6.87. The number of hydrogen-bond donors (Lipinski definition) is 3. The van der Waals surface area contributed by atoms with Gasteiger partial charge < -0.3 is 20.3 Å². The van der Waals surface area contributed by atoms with Crippen molar-refractivity contribution in [2.75, 3.05) is 20.3 Å². The van der Waals surface area contributed by atoms with Gasteiger partial charge in [0.25, 0.3) is 0 Å². The Labute approximate surface area is 168 Å². The quantitative estimate of drug-likeness (QED) is 0.423. The number of rotatable bonds is 9. The summed E-state index contributed by atoms with van der Waals surface area (Å²) in [4.78, 5) is 17.9. The molecule has 1 fully saturated rings. The lowest BCUT2D eigenvalue weighted by molar-refractivity contribution is 0.153. The summed E-state index contributed by atoms with van der Waals surface area (Å²) in [7, 11) is -2.71. The Morgan fingerprint density at radius 2 is 2.07 bits per heavy atom. The third kappa shape index (κ3) is 6.12. The Morgan fingerprint density at radius 1 is 1.25 bits per heavy atom. The van der Waals surface area contributed by atoms with Gasteiger partial charge in [-0.05, 0) is 73.5 Å². The molecule has 0 aliphatic heterocycles. The molecule has 7 heteroatoms. The van der Waals surface area contributed by atoms with Crippen molar-refractivity contribution in [3.63, 3.8) is 0 Å². The zero-order valence-electron chi connectivity index (χ0n) is 16.8. The number of benzene rings is 1. The van der Waals surface area contributed by atoms with Gasteiger partial charge in [-0.3, -0.25) is 4.52 Å². The van der Waals surface area contributed by atoms with E-state index in [0.717, 1.165) is 38.2 Å². The Bertz CT molecular complexity index is 706. The summed E-state index contributed by atoms with van der Waals surface area (Å²) < 4.78 is 20.8. The molecule has 0 spiro atoms. The van der Waals surface area contributed by atoms with E-state index in [1.54, 1.807) is 7.11 Å². The fourth-order valence-corrected chi connectivity index (χ4v) is 5.24. The highest BCUT2D eigenvalue weighted by Gasteiger charge is 2.38. The molecule has 1 unspecified atom stereocenters. The fourth-order valence-electron chi connectivity index (χ4n) is 4.81. The monoisotopic (exact) mass is 411 g/mol. The minimum absolute atomic E-state index is 0.0938. The molecule has 28 heavy (non-hydrogen) atoms. The van der Waals surface area contributed by atoms with Crippen LogP contribution in [0.4, 0.5) is 0 Å². The van der Waals surface area contributed by atoms with E-state index in [0.29, 0.717) is 12.3 Å². The molecule has 3 rings (SSSR count). The van der Waals surface area contributed by atoms with Crippen LogP contribution in [0.15, 0.2) is 18.2 Å². The molecule has 3 atom stereocenters. The Hall–Kier alpha value is -0.750. The number of hydrogen-bond acceptors (Lipinski definition) is 4. The molecule has 158 valence electrons. The number of unbranched alkanes of at least 4 members (excludes halogenated alkanes) is 1. The highest BCUT2D eigenvalue weighted by atomic mass is 31.2. The average molecular weight is 411 g/mol. The third-order valence-electron chi connectivity index (χ3n) is 6.41. The summed E-state index contributed by atoms with van der Waals surface area (Å²) in [6, 6.07) is 6.86. The number of ether oxygens (including phenoxy) is 1. The fraction of sp³-hybridized carbons (Fsp3) is 0.714. The number of nitrogens with two attached hydrogens (primary N) is 1. The highest BCUT2D eigenvalue weighted by molar-refractivity contribution is 7.46. The van der Waals surface area contributed by atoms with Crippen molar-refractivity contribution < 1.29 is 23.6 Å². The molecule has 0 amide bonds. The van der Waals surface area contributed by atoms with Gasteiger partial charge in [0, 0.05) is 19.3 Å². The van der Waals surface area contributed by atoms with Crippen LogP contribution < -0.4 is 5.73 Å². The zero-order valence-corrected chi connectivity index (χ0v) is 17.7. The first-order valence-corrected chi connectivity index (χ1v) is 11.9. The maximum atomic E-state index is 11.0. The van der Waals surface area contributed by atoms with Gasteiger partial charge in [-0.1, -0.05) is 31.0 Å². The minimum Gasteiger partial charge on any atom is -0.385 e. The standard InChI is InChI=1S/C21H34NO5P/c1-26-11-3-2-4-16-5-6-18-13-19(8-7-17(18)12-16)20-9-10-21(22,14-20)15-27-28(23,24)25/h7-8,13,16,20H,2-6,9-12,14-15,22H2,1H3,(H2,23,24,25)/t16?,20-,21+/m0/s1. The zero-order chi connectivity index (χ0) is 20.2. The molecular formula is C21H34NO5P. The summed E-state index contributed by atoms with van der Waals surface area (Å²) in [6.45, 7) is 0.763. The number of phosphoric acid groups is 1. The van der Waals surface area contributed by atoms with Crippen molar-refractivity contribution in [2.24, 2.45) is 11.7 Å². The highest BCUT2D eigenvalue weighted by Crippen LogP contribution is 2.44. The second-order valence-corrected chi connectivity index (χ2v) is 9.93. The van der Waals surface area contributed by atoms with Crippen LogP contribution in [0.1, 0.15) is 67.6 Å². The van der Waals surface area contributed by atoms with E-state index in [1.807, 2.05) is 0 Å². The van der Waals surface area contributed by atoms with E-state index >= 15 is 0 Å². The number of methoxy groups -OCH3 is 1. The molecule has 1 saturated carbocycles. The molecule has 2 aliphatic rings. The molecule has 0 radical (unpaired) electrons. The van der Waals surface area contributed by atoms with Gasteiger partial charge >= 0.3 is 7.82 Å². The summed E-state index contributed by atoms with van der Waals surface area (Å²) in [5.41, 5.74) is 9.93. The van der Waals surface area contributed by atoms with E-state index < -0.39 is 13.4 Å². The van der Waals surface area contributed by atoms with E-state index in [4.69, 9.17) is 20.3 Å². The molecule has 4 N–H and O–H groups in total. The van der Waals surface area contributed by atoms with Crippen LogP contribution in [0.25, 0.3) is 0 Å². The van der Waals surface area contributed by atoms with Gasteiger partial charge in [0.1, 0.15) is 0 Å². The van der Waals surface area contributed by atoms with Crippen LogP contribution in [0.5, 0.6) is 0 Å². The second-order valence-electron chi connectivity index (χ2n) is 8.69. The van der Waals surface area contributed by atoms with Gasteiger partial charge in [-0.25, -0.2) is 4.57 Å². The Balaban J connectivity index is 1.56. The Morgan fingerprint density at radius 3 is 2.82 bits per heavy atom. The largest absolute Gasteiger partial charge is 0.469 e. The first kappa shape index (κ1) is 21.9. The summed E-state index contributed by atoms with van der Waals surface area (Å²) in [6.07, 6.45) is 9.59. The molecule has 0 aromatic heterocycles. The summed E-state index contributed by atoms with van der Waals surface area (Å²) in [5, 5.41) is 0. The van der Waals surface area contributed by atoms with E-state index in [2.05, 4.69) is 22.7 Å². The van der Waals surface area contributed by atoms with Crippen molar-refractivity contribution in [1.82, 2.24) is 0 Å². The van der Waals surface area contributed by atoms with Crippen LogP contribution in [0.3, 0.4) is 0 Å². The van der Waals surface area contributed by atoms with Crippen molar-refractivity contribution in [2.45, 2.75) is 69.2 Å². The van der Waals surface area contributed by atoms with Crippen molar-refractivity contribution in [1.29, 1.82) is 0 Å². The lowest BCUT2D eigenvalue weighted by atomic mass is 9.80. The summed E-state index contributed by atoms with van der Waals surface area (Å²) in [5.74, 6) is 1.12. The lowest BCUT2D eigenvalue weighted by Gasteiger charge is -2.27. The molecule has 1 aromatic carbocycles. The second kappa shape index (κ2) is 9.38. The molecule has 0 heterocycles. The lowest BCUT2D eigenvalue weighted by Crippen LogP contribution is -2.41. The van der Waals surface area contributed by atoms with Crippen LogP contribution in [-0.2, 0) is 26.7 Å². The predicted octanol–water partition coefficient (Wildman–Crippen LogP) is 3.68.